The maximum absolute atomic E-state index is 12.0. The Bertz CT molecular complexity index is 561. The molecule has 0 unspecified atom stereocenters. The van der Waals surface area contributed by atoms with Crippen LogP contribution >= 0.6 is 0 Å². The lowest BCUT2D eigenvalue weighted by Gasteiger charge is -2.36. The number of benzene rings is 1. The van der Waals surface area contributed by atoms with E-state index in [2.05, 4.69) is 41.4 Å². The number of ketones is 1. The highest BCUT2D eigenvalue weighted by Crippen LogP contribution is 2.17. The Morgan fingerprint density at radius 3 is 2.18 bits per heavy atom. The average Bonchev–Trinajstić information content (AvgIpc) is 2.53. The second-order valence-electron chi connectivity index (χ2n) is 5.44. The number of Topliss-reactive ketones (excluding diaryl/α,β-unsaturated/α-hetero) is 1. The van der Waals surface area contributed by atoms with Crippen molar-refractivity contribution in [3.63, 3.8) is 0 Å². The fraction of sp³-hybridized carbons (Fsp3) is 0.438. The van der Waals surface area contributed by atoms with Crippen molar-refractivity contribution in [2.75, 3.05) is 37.6 Å². The molecule has 1 aliphatic rings. The zero-order valence-corrected chi connectivity index (χ0v) is 13.0. The highest BCUT2D eigenvalue weighted by atomic mass is 16.2. The summed E-state index contributed by atoms with van der Waals surface area (Å²) in [5.74, 6) is -1.46. The first-order valence-electron chi connectivity index (χ1n) is 7.35. The first kappa shape index (κ1) is 16.0. The molecule has 1 aliphatic heterocycles. The Balaban J connectivity index is 1.81. The van der Waals surface area contributed by atoms with E-state index in [1.807, 2.05) is 0 Å². The zero-order chi connectivity index (χ0) is 16.1. The molecule has 1 aromatic carbocycles. The molecule has 0 saturated carbocycles. The van der Waals surface area contributed by atoms with Gasteiger partial charge in [0.25, 0.3) is 5.91 Å². The molecular weight excluding hydrogens is 282 g/mol. The predicted molar refractivity (Wildman–Crippen MR) is 83.7 cm³/mol. The molecule has 1 fully saturated rings. The minimum Gasteiger partial charge on any atom is -0.368 e. The number of aryl methyl sites for hydroxylation is 1. The molecule has 1 N–H and O–H groups in total. The van der Waals surface area contributed by atoms with Gasteiger partial charge >= 0.3 is 0 Å². The van der Waals surface area contributed by atoms with Crippen LogP contribution in [-0.2, 0) is 14.4 Å². The van der Waals surface area contributed by atoms with Crippen LogP contribution in [0.5, 0.6) is 0 Å². The number of amides is 2. The molecule has 22 heavy (non-hydrogen) atoms. The molecule has 6 heteroatoms. The number of piperazine rings is 1. The third-order valence-corrected chi connectivity index (χ3v) is 3.75. The molecule has 1 saturated heterocycles. The molecule has 6 nitrogen and oxygen atoms in total. The van der Waals surface area contributed by atoms with Crippen LogP contribution in [0.1, 0.15) is 12.5 Å². The summed E-state index contributed by atoms with van der Waals surface area (Å²) in [4.78, 5) is 37.9. The molecule has 2 rings (SSSR count). The van der Waals surface area contributed by atoms with E-state index < -0.39 is 11.7 Å². The third kappa shape index (κ3) is 4.07. The van der Waals surface area contributed by atoms with E-state index in [1.165, 1.54) is 12.5 Å². The van der Waals surface area contributed by atoms with Gasteiger partial charge in [-0.2, -0.15) is 0 Å². The second-order valence-corrected chi connectivity index (χ2v) is 5.44. The smallest absolute Gasteiger partial charge is 0.287 e. The van der Waals surface area contributed by atoms with Crippen LogP contribution in [0.25, 0.3) is 0 Å². The van der Waals surface area contributed by atoms with E-state index in [0.717, 1.165) is 18.8 Å². The van der Waals surface area contributed by atoms with Crippen LogP contribution in [-0.4, -0.2) is 55.2 Å². The molecule has 0 aliphatic carbocycles. The highest BCUT2D eigenvalue weighted by Gasteiger charge is 2.21. The van der Waals surface area contributed by atoms with Gasteiger partial charge < -0.3 is 15.1 Å². The second kappa shape index (κ2) is 7.06. The average molecular weight is 303 g/mol. The van der Waals surface area contributed by atoms with Crippen molar-refractivity contribution in [2.24, 2.45) is 0 Å². The van der Waals surface area contributed by atoms with Gasteiger partial charge in [0.1, 0.15) is 0 Å². The predicted octanol–water partition coefficient (Wildman–Crippen LogP) is 0.349. The number of anilines is 1. The van der Waals surface area contributed by atoms with E-state index in [4.69, 9.17) is 0 Å². The van der Waals surface area contributed by atoms with Gasteiger partial charge in [0, 0.05) is 38.8 Å². The van der Waals surface area contributed by atoms with Crippen molar-refractivity contribution in [1.82, 2.24) is 10.2 Å². The summed E-state index contributed by atoms with van der Waals surface area (Å²) < 4.78 is 0. The first-order chi connectivity index (χ1) is 10.5. The zero-order valence-electron chi connectivity index (χ0n) is 13.0. The third-order valence-electron chi connectivity index (χ3n) is 3.75. The van der Waals surface area contributed by atoms with Crippen LogP contribution in [0.2, 0.25) is 0 Å². The van der Waals surface area contributed by atoms with Crippen LogP contribution in [0.4, 0.5) is 5.69 Å². The summed E-state index contributed by atoms with van der Waals surface area (Å²) in [6.07, 6.45) is 0. The van der Waals surface area contributed by atoms with Crippen molar-refractivity contribution < 1.29 is 14.4 Å². The van der Waals surface area contributed by atoms with Crippen LogP contribution in [0.3, 0.4) is 0 Å². The Kier molecular flexibility index (Phi) is 5.14. The SMILES string of the molecule is CC(=O)C(=O)NCC(=O)N1CCN(c2ccc(C)cc2)CC1. The molecule has 118 valence electrons. The van der Waals surface area contributed by atoms with Gasteiger partial charge in [-0.25, -0.2) is 0 Å². The summed E-state index contributed by atoms with van der Waals surface area (Å²) in [7, 11) is 0. The Labute approximate surface area is 130 Å². The number of nitrogens with one attached hydrogen (secondary N) is 1. The van der Waals surface area contributed by atoms with Gasteiger partial charge in [0.2, 0.25) is 11.7 Å². The fourth-order valence-corrected chi connectivity index (χ4v) is 2.36. The first-order valence-corrected chi connectivity index (χ1v) is 7.35. The highest BCUT2D eigenvalue weighted by molar-refractivity contribution is 6.35. The summed E-state index contributed by atoms with van der Waals surface area (Å²) >= 11 is 0. The largest absolute Gasteiger partial charge is 0.368 e. The maximum Gasteiger partial charge on any atom is 0.287 e. The quantitative estimate of drug-likeness (QED) is 0.815. The minimum absolute atomic E-state index is 0.122. The fourth-order valence-electron chi connectivity index (χ4n) is 2.36. The Morgan fingerprint density at radius 1 is 1.05 bits per heavy atom. The number of hydrogen-bond donors (Lipinski definition) is 1. The van der Waals surface area contributed by atoms with Crippen molar-refractivity contribution in [1.29, 1.82) is 0 Å². The molecule has 0 spiro atoms. The van der Waals surface area contributed by atoms with Gasteiger partial charge in [0.05, 0.1) is 6.54 Å². The molecule has 2 amide bonds. The number of hydrogen-bond acceptors (Lipinski definition) is 4. The Hall–Kier alpha value is -2.37. The molecule has 0 aromatic heterocycles. The molecular formula is C16H21N3O3. The van der Waals surface area contributed by atoms with Crippen LogP contribution in [0.15, 0.2) is 24.3 Å². The van der Waals surface area contributed by atoms with Gasteiger partial charge in [-0.15, -0.1) is 0 Å². The number of carbonyl (C=O) groups excluding carboxylic acids is 3. The van der Waals surface area contributed by atoms with Gasteiger partial charge in [-0.05, 0) is 19.1 Å². The van der Waals surface area contributed by atoms with Gasteiger partial charge in [-0.3, -0.25) is 14.4 Å². The summed E-state index contributed by atoms with van der Waals surface area (Å²) in [5.41, 5.74) is 2.38. The molecule has 1 heterocycles. The molecule has 0 radical (unpaired) electrons. The lowest BCUT2D eigenvalue weighted by atomic mass is 10.2. The Morgan fingerprint density at radius 2 is 1.64 bits per heavy atom. The van der Waals surface area contributed by atoms with Crippen LogP contribution in [0, 0.1) is 6.92 Å². The lowest BCUT2D eigenvalue weighted by Crippen LogP contribution is -2.51. The van der Waals surface area contributed by atoms with E-state index >= 15 is 0 Å². The molecule has 0 atom stereocenters. The number of nitrogens with zero attached hydrogens (tertiary/aromatic N) is 2. The van der Waals surface area contributed by atoms with E-state index in [9.17, 15) is 14.4 Å². The van der Waals surface area contributed by atoms with E-state index in [0.29, 0.717) is 13.1 Å². The summed E-state index contributed by atoms with van der Waals surface area (Å²) in [5, 5.41) is 2.34. The maximum atomic E-state index is 12.0. The number of carbonyl (C=O) groups is 3. The number of rotatable bonds is 4. The van der Waals surface area contributed by atoms with E-state index in [1.54, 1.807) is 4.90 Å². The van der Waals surface area contributed by atoms with Gasteiger partial charge in [0.15, 0.2) is 0 Å². The van der Waals surface area contributed by atoms with Crippen molar-refractivity contribution in [3.8, 4) is 0 Å². The van der Waals surface area contributed by atoms with Crippen molar-refractivity contribution in [2.45, 2.75) is 13.8 Å². The van der Waals surface area contributed by atoms with Gasteiger partial charge in [-0.1, -0.05) is 17.7 Å². The van der Waals surface area contributed by atoms with Crippen LogP contribution < -0.4 is 10.2 Å². The monoisotopic (exact) mass is 303 g/mol. The van der Waals surface area contributed by atoms with E-state index in [-0.39, 0.29) is 12.5 Å². The molecule has 1 aromatic rings. The summed E-state index contributed by atoms with van der Waals surface area (Å²) in [6.45, 7) is 5.86. The van der Waals surface area contributed by atoms with Crippen molar-refractivity contribution in [3.05, 3.63) is 29.8 Å². The topological polar surface area (TPSA) is 69.7 Å². The van der Waals surface area contributed by atoms with Crippen molar-refractivity contribution >= 4 is 23.3 Å². The minimum atomic E-state index is -0.716. The standard InChI is InChI=1S/C16H21N3O3/c1-12-3-5-14(6-4-12)18-7-9-19(10-8-18)15(21)11-17-16(22)13(2)20/h3-6H,7-11H2,1-2H3,(H,17,22). The summed E-state index contributed by atoms with van der Waals surface area (Å²) in [6, 6.07) is 8.31. The molecule has 0 bridgehead atoms. The normalized spacial score (nSPS) is 14.6. The lowest BCUT2D eigenvalue weighted by molar-refractivity contribution is -0.138.